The van der Waals surface area contributed by atoms with Crippen molar-refractivity contribution in [3.63, 3.8) is 0 Å². The number of rotatable bonds is 3. The van der Waals surface area contributed by atoms with Gasteiger partial charge >= 0.3 is 0 Å². The topological polar surface area (TPSA) is 31.4 Å². The standard InChI is InChI=1S/C19H30N4S/c1-15-12-16(2)20-18(13-15)21-19(24)23-10-8-22(9-11-23)14-17-6-4-3-5-7-17/h12-13,17H,3-11,14H2,1-2H3,(H,20,21,24). The van der Waals surface area contributed by atoms with Crippen LogP contribution in [-0.2, 0) is 0 Å². The van der Waals surface area contributed by atoms with Gasteiger partial charge in [0.15, 0.2) is 5.11 Å². The quantitative estimate of drug-likeness (QED) is 0.846. The molecule has 1 saturated carbocycles. The molecule has 2 fully saturated rings. The van der Waals surface area contributed by atoms with Gasteiger partial charge in [0.2, 0.25) is 0 Å². The van der Waals surface area contributed by atoms with Crippen LogP contribution < -0.4 is 5.32 Å². The molecule has 1 aromatic heterocycles. The fourth-order valence-corrected chi connectivity index (χ4v) is 4.25. The smallest absolute Gasteiger partial charge is 0.174 e. The van der Waals surface area contributed by atoms with Crippen LogP contribution in [0.2, 0.25) is 0 Å². The molecule has 0 radical (unpaired) electrons. The van der Waals surface area contributed by atoms with E-state index in [2.05, 4.69) is 39.2 Å². The van der Waals surface area contributed by atoms with E-state index in [-0.39, 0.29) is 0 Å². The Morgan fingerprint density at radius 3 is 2.50 bits per heavy atom. The summed E-state index contributed by atoms with van der Waals surface area (Å²) in [7, 11) is 0. The molecule has 1 aliphatic heterocycles. The maximum atomic E-state index is 5.60. The van der Waals surface area contributed by atoms with Gasteiger partial charge in [-0.25, -0.2) is 4.98 Å². The Morgan fingerprint density at radius 2 is 1.83 bits per heavy atom. The predicted molar refractivity (Wildman–Crippen MR) is 105 cm³/mol. The second-order valence-electron chi connectivity index (χ2n) is 7.39. The zero-order valence-corrected chi connectivity index (χ0v) is 15.9. The first-order valence-electron chi connectivity index (χ1n) is 9.34. The van der Waals surface area contributed by atoms with Crippen molar-refractivity contribution in [2.45, 2.75) is 46.0 Å². The van der Waals surface area contributed by atoms with E-state index in [1.54, 1.807) is 0 Å². The van der Waals surface area contributed by atoms with Gasteiger partial charge in [0.1, 0.15) is 5.82 Å². The summed E-state index contributed by atoms with van der Waals surface area (Å²) < 4.78 is 0. The second-order valence-corrected chi connectivity index (χ2v) is 7.78. The van der Waals surface area contributed by atoms with E-state index >= 15 is 0 Å². The Labute approximate surface area is 151 Å². The van der Waals surface area contributed by atoms with Gasteiger partial charge in [-0.1, -0.05) is 19.3 Å². The van der Waals surface area contributed by atoms with E-state index in [0.29, 0.717) is 0 Å². The molecular formula is C19H30N4S. The molecule has 132 valence electrons. The molecule has 1 aromatic rings. The van der Waals surface area contributed by atoms with Gasteiger partial charge in [0.05, 0.1) is 0 Å². The highest BCUT2D eigenvalue weighted by molar-refractivity contribution is 7.80. The maximum absolute atomic E-state index is 5.60. The van der Waals surface area contributed by atoms with Crippen molar-refractivity contribution in [3.8, 4) is 0 Å². The highest BCUT2D eigenvalue weighted by atomic mass is 32.1. The molecule has 24 heavy (non-hydrogen) atoms. The number of aromatic nitrogens is 1. The van der Waals surface area contributed by atoms with Gasteiger partial charge in [-0.15, -0.1) is 0 Å². The van der Waals surface area contributed by atoms with E-state index in [9.17, 15) is 0 Å². The van der Waals surface area contributed by atoms with Crippen LogP contribution in [0, 0.1) is 19.8 Å². The van der Waals surface area contributed by atoms with Crippen LogP contribution in [0.3, 0.4) is 0 Å². The summed E-state index contributed by atoms with van der Waals surface area (Å²) in [5.41, 5.74) is 2.24. The number of thiocarbonyl (C=S) groups is 1. The molecule has 5 heteroatoms. The molecule has 1 N–H and O–H groups in total. The summed E-state index contributed by atoms with van der Waals surface area (Å²) in [5.74, 6) is 1.79. The van der Waals surface area contributed by atoms with Gasteiger partial charge in [0.25, 0.3) is 0 Å². The van der Waals surface area contributed by atoms with Crippen LogP contribution in [0.15, 0.2) is 12.1 Å². The third kappa shape index (κ3) is 4.90. The van der Waals surface area contributed by atoms with Crippen molar-refractivity contribution in [2.75, 3.05) is 38.0 Å². The Balaban J connectivity index is 1.46. The molecule has 2 heterocycles. The molecular weight excluding hydrogens is 316 g/mol. The van der Waals surface area contributed by atoms with Crippen LogP contribution >= 0.6 is 12.2 Å². The summed E-state index contributed by atoms with van der Waals surface area (Å²) in [6, 6.07) is 4.14. The number of pyridine rings is 1. The fourth-order valence-electron chi connectivity index (χ4n) is 3.96. The van der Waals surface area contributed by atoms with E-state index in [1.165, 1.54) is 44.2 Å². The molecule has 1 saturated heterocycles. The van der Waals surface area contributed by atoms with Crippen LogP contribution in [-0.4, -0.2) is 52.6 Å². The molecule has 4 nitrogen and oxygen atoms in total. The van der Waals surface area contributed by atoms with Crippen molar-refractivity contribution < 1.29 is 0 Å². The summed E-state index contributed by atoms with van der Waals surface area (Å²) in [6.45, 7) is 9.68. The Hall–Kier alpha value is -1.20. The first-order valence-corrected chi connectivity index (χ1v) is 9.74. The minimum Gasteiger partial charge on any atom is -0.346 e. The maximum Gasteiger partial charge on any atom is 0.174 e. The third-order valence-electron chi connectivity index (χ3n) is 5.23. The van der Waals surface area contributed by atoms with Gasteiger partial charge < -0.3 is 10.2 Å². The van der Waals surface area contributed by atoms with Crippen molar-refractivity contribution in [2.24, 2.45) is 5.92 Å². The van der Waals surface area contributed by atoms with Gasteiger partial charge in [-0.2, -0.15) is 0 Å². The fraction of sp³-hybridized carbons (Fsp3) is 0.684. The lowest BCUT2D eigenvalue weighted by Crippen LogP contribution is -2.51. The lowest BCUT2D eigenvalue weighted by molar-refractivity contribution is 0.146. The molecule has 0 amide bonds. The molecule has 1 aliphatic carbocycles. The average Bonchev–Trinajstić information content (AvgIpc) is 2.55. The zero-order chi connectivity index (χ0) is 16.9. The Morgan fingerprint density at radius 1 is 1.12 bits per heavy atom. The molecule has 0 atom stereocenters. The summed E-state index contributed by atoms with van der Waals surface area (Å²) in [5, 5.41) is 4.13. The lowest BCUT2D eigenvalue weighted by Gasteiger charge is -2.38. The average molecular weight is 347 g/mol. The normalized spacial score (nSPS) is 20.2. The van der Waals surface area contributed by atoms with Gasteiger partial charge in [0, 0.05) is 38.4 Å². The SMILES string of the molecule is Cc1cc(C)nc(NC(=S)N2CCN(CC3CCCCC3)CC2)c1. The zero-order valence-electron chi connectivity index (χ0n) is 15.1. The Bertz CT molecular complexity index is 540. The minimum absolute atomic E-state index is 0.810. The first kappa shape index (κ1) is 17.6. The third-order valence-corrected chi connectivity index (χ3v) is 5.59. The number of hydrogen-bond donors (Lipinski definition) is 1. The number of piperazine rings is 1. The minimum atomic E-state index is 0.810. The van der Waals surface area contributed by atoms with Crippen LogP contribution in [0.25, 0.3) is 0 Å². The van der Waals surface area contributed by atoms with E-state index in [4.69, 9.17) is 12.2 Å². The largest absolute Gasteiger partial charge is 0.346 e. The summed E-state index contributed by atoms with van der Waals surface area (Å²) >= 11 is 5.60. The number of nitrogens with zero attached hydrogens (tertiary/aromatic N) is 3. The number of hydrogen-bond acceptors (Lipinski definition) is 3. The van der Waals surface area contributed by atoms with Crippen LogP contribution in [0.5, 0.6) is 0 Å². The van der Waals surface area contributed by atoms with Crippen molar-refractivity contribution in [1.29, 1.82) is 0 Å². The first-order chi connectivity index (χ1) is 11.6. The van der Waals surface area contributed by atoms with Crippen molar-refractivity contribution >= 4 is 23.1 Å². The summed E-state index contributed by atoms with van der Waals surface area (Å²) in [6.07, 6.45) is 7.16. The van der Waals surface area contributed by atoms with Gasteiger partial charge in [-0.3, -0.25) is 4.90 Å². The number of anilines is 1. The molecule has 3 rings (SSSR count). The summed E-state index contributed by atoms with van der Waals surface area (Å²) in [4.78, 5) is 9.44. The van der Waals surface area contributed by atoms with E-state index < -0.39 is 0 Å². The molecule has 0 aromatic carbocycles. The molecule has 0 spiro atoms. The highest BCUT2D eigenvalue weighted by Crippen LogP contribution is 2.24. The number of aryl methyl sites for hydroxylation is 2. The van der Waals surface area contributed by atoms with Crippen LogP contribution in [0.4, 0.5) is 5.82 Å². The predicted octanol–water partition coefficient (Wildman–Crippen LogP) is 3.59. The lowest BCUT2D eigenvalue weighted by atomic mass is 9.89. The van der Waals surface area contributed by atoms with Crippen LogP contribution in [0.1, 0.15) is 43.4 Å². The van der Waals surface area contributed by atoms with Crippen molar-refractivity contribution in [1.82, 2.24) is 14.8 Å². The number of nitrogens with one attached hydrogen (secondary N) is 1. The second kappa shape index (κ2) is 8.26. The monoisotopic (exact) mass is 346 g/mol. The van der Waals surface area contributed by atoms with E-state index in [0.717, 1.165) is 48.7 Å². The van der Waals surface area contributed by atoms with Crippen molar-refractivity contribution in [3.05, 3.63) is 23.4 Å². The highest BCUT2D eigenvalue weighted by Gasteiger charge is 2.22. The Kier molecular flexibility index (Phi) is 6.06. The molecule has 2 aliphatic rings. The van der Waals surface area contributed by atoms with E-state index in [1.807, 2.05) is 6.92 Å². The molecule has 0 bridgehead atoms. The van der Waals surface area contributed by atoms with Gasteiger partial charge in [-0.05, 0) is 62.5 Å². The molecule has 0 unspecified atom stereocenters.